The van der Waals surface area contributed by atoms with E-state index in [2.05, 4.69) is 9.71 Å². The van der Waals surface area contributed by atoms with E-state index in [-0.39, 0.29) is 5.92 Å². The molecule has 4 aliphatic rings. The number of rotatable bonds is 7. The van der Waals surface area contributed by atoms with E-state index in [4.69, 9.17) is 4.74 Å². The quantitative estimate of drug-likeness (QED) is 0.647. The number of carbonyl (C=O) groups is 1. The maximum Gasteiger partial charge on any atom is 0.246 e. The van der Waals surface area contributed by atoms with E-state index >= 15 is 4.39 Å². The smallest absolute Gasteiger partial charge is 0.246 e. The van der Waals surface area contributed by atoms with Crippen molar-refractivity contribution in [3.8, 4) is 0 Å². The number of halogens is 2. The van der Waals surface area contributed by atoms with Gasteiger partial charge in [-0.05, 0) is 68.2 Å². The number of hydrogen-bond acceptors (Lipinski definition) is 6. The van der Waals surface area contributed by atoms with E-state index in [1.54, 1.807) is 12.1 Å². The van der Waals surface area contributed by atoms with Crippen LogP contribution in [0.5, 0.6) is 0 Å². The van der Waals surface area contributed by atoms with Crippen molar-refractivity contribution in [2.45, 2.75) is 55.7 Å². The molecule has 0 aromatic carbocycles. The van der Waals surface area contributed by atoms with Crippen LogP contribution < -0.4 is 9.62 Å². The van der Waals surface area contributed by atoms with E-state index in [0.717, 1.165) is 24.6 Å². The summed E-state index contributed by atoms with van der Waals surface area (Å²) < 4.78 is 62.0. The van der Waals surface area contributed by atoms with Crippen molar-refractivity contribution < 1.29 is 26.7 Å². The number of sulfonamides is 1. The fourth-order valence-electron chi connectivity index (χ4n) is 4.45. The molecule has 2 saturated carbocycles. The van der Waals surface area contributed by atoms with Crippen molar-refractivity contribution in [3.63, 3.8) is 0 Å². The lowest BCUT2D eigenvalue weighted by atomic mass is 9.88. The standard InChI is InChI=1S/C23H27F2N3O4S/c24-17-5-8-21(26-13-17)28-11-1-2-18(14-28)32-23(25)10-9-16(15-3-4-15)12-20(23)22(29)27-33(30,31)19-6-7-19/h5,8-10,12-13,15,18-20H,1-4,6-7,11,14H2,(H,27,29)/t18?,20-,23?/m1/s1. The molecule has 5 rings (SSSR count). The zero-order valence-corrected chi connectivity index (χ0v) is 18.9. The minimum atomic E-state index is -3.81. The summed E-state index contributed by atoms with van der Waals surface area (Å²) in [6.45, 7) is 0.995. The molecule has 10 heteroatoms. The highest BCUT2D eigenvalue weighted by Gasteiger charge is 2.49. The molecule has 0 spiro atoms. The fourth-order valence-corrected chi connectivity index (χ4v) is 5.78. The Morgan fingerprint density at radius 3 is 2.67 bits per heavy atom. The van der Waals surface area contributed by atoms with Gasteiger partial charge in [-0.1, -0.05) is 12.2 Å². The van der Waals surface area contributed by atoms with Gasteiger partial charge in [0, 0.05) is 13.1 Å². The first-order chi connectivity index (χ1) is 15.7. The number of amides is 1. The van der Waals surface area contributed by atoms with Crippen LogP contribution in [-0.2, 0) is 19.6 Å². The number of hydrogen-bond donors (Lipinski definition) is 1. The molecule has 1 amide bonds. The van der Waals surface area contributed by atoms with Crippen LogP contribution in [0.4, 0.5) is 14.6 Å². The van der Waals surface area contributed by atoms with E-state index in [9.17, 15) is 17.6 Å². The van der Waals surface area contributed by atoms with Gasteiger partial charge >= 0.3 is 0 Å². The van der Waals surface area contributed by atoms with Crippen LogP contribution in [0.1, 0.15) is 38.5 Å². The molecule has 1 N–H and O–H groups in total. The molecule has 1 aromatic heterocycles. The minimum Gasteiger partial charge on any atom is -0.354 e. The third kappa shape index (κ3) is 4.96. The maximum absolute atomic E-state index is 16.2. The summed E-state index contributed by atoms with van der Waals surface area (Å²) in [6, 6.07) is 2.88. The Labute approximate surface area is 191 Å². The Morgan fingerprint density at radius 1 is 1.21 bits per heavy atom. The number of anilines is 1. The molecule has 0 bridgehead atoms. The third-order valence-corrected chi connectivity index (χ3v) is 8.42. The van der Waals surface area contributed by atoms with E-state index in [0.29, 0.717) is 44.6 Å². The van der Waals surface area contributed by atoms with Crippen molar-refractivity contribution >= 4 is 21.7 Å². The van der Waals surface area contributed by atoms with Gasteiger partial charge in [-0.15, -0.1) is 0 Å². The van der Waals surface area contributed by atoms with Gasteiger partial charge in [0.15, 0.2) is 0 Å². The molecule has 0 radical (unpaired) electrons. The summed E-state index contributed by atoms with van der Waals surface area (Å²) in [5, 5.41) is -0.586. The zero-order valence-electron chi connectivity index (χ0n) is 18.1. The lowest BCUT2D eigenvalue weighted by Gasteiger charge is -2.39. The molecule has 1 aliphatic heterocycles. The predicted octanol–water partition coefficient (Wildman–Crippen LogP) is 3.00. The summed E-state index contributed by atoms with van der Waals surface area (Å²) in [5.41, 5.74) is 0.844. The first kappa shape index (κ1) is 22.5. The summed E-state index contributed by atoms with van der Waals surface area (Å²) in [5.74, 6) is -4.36. The van der Waals surface area contributed by atoms with Crippen molar-refractivity contribution in [1.82, 2.24) is 9.71 Å². The van der Waals surface area contributed by atoms with Crippen molar-refractivity contribution in [2.75, 3.05) is 18.0 Å². The number of pyridine rings is 1. The first-order valence-corrected chi connectivity index (χ1v) is 13.0. The topological polar surface area (TPSA) is 88.6 Å². The van der Waals surface area contributed by atoms with Crippen LogP contribution in [0.25, 0.3) is 0 Å². The number of nitrogens with one attached hydrogen (secondary N) is 1. The summed E-state index contributed by atoms with van der Waals surface area (Å²) in [4.78, 5) is 18.9. The third-order valence-electron chi connectivity index (χ3n) is 6.58. The van der Waals surface area contributed by atoms with Gasteiger partial charge < -0.3 is 9.64 Å². The van der Waals surface area contributed by atoms with Gasteiger partial charge in [0.1, 0.15) is 17.6 Å². The summed E-state index contributed by atoms with van der Waals surface area (Å²) in [7, 11) is -3.81. The molecule has 3 atom stereocenters. The SMILES string of the molecule is O=C(NS(=O)(=O)C1CC1)[C@H]1C=C(C2CC2)C=CC1(F)OC1CCCN(c2ccc(F)cn2)C1. The fraction of sp³-hybridized carbons (Fsp3) is 0.565. The largest absolute Gasteiger partial charge is 0.354 e. The van der Waals surface area contributed by atoms with Crippen LogP contribution in [0.2, 0.25) is 0 Å². The Balaban J connectivity index is 1.33. The molecular formula is C23H27F2N3O4S. The first-order valence-electron chi connectivity index (χ1n) is 11.4. The molecule has 2 unspecified atom stereocenters. The van der Waals surface area contributed by atoms with Gasteiger partial charge in [0.25, 0.3) is 0 Å². The molecule has 1 aromatic rings. The molecule has 178 valence electrons. The van der Waals surface area contributed by atoms with Gasteiger partial charge in [-0.25, -0.2) is 22.2 Å². The Hall–Kier alpha value is -2.33. The van der Waals surface area contributed by atoms with E-state index < -0.39 is 44.9 Å². The lowest BCUT2D eigenvalue weighted by Crippen LogP contribution is -2.51. The number of ether oxygens (including phenoxy) is 1. The molecule has 2 heterocycles. The number of aromatic nitrogens is 1. The molecule has 33 heavy (non-hydrogen) atoms. The van der Waals surface area contributed by atoms with Crippen molar-refractivity contribution in [1.29, 1.82) is 0 Å². The second-order valence-electron chi connectivity index (χ2n) is 9.32. The van der Waals surface area contributed by atoms with Crippen LogP contribution in [-0.4, -0.2) is 49.6 Å². The molecular weight excluding hydrogens is 452 g/mol. The van der Waals surface area contributed by atoms with Gasteiger partial charge in [0.2, 0.25) is 21.8 Å². The molecule has 1 saturated heterocycles. The average Bonchev–Trinajstić information content (AvgIpc) is 3.67. The molecule has 3 fully saturated rings. The number of piperidine rings is 1. The molecule has 7 nitrogen and oxygen atoms in total. The predicted molar refractivity (Wildman–Crippen MR) is 118 cm³/mol. The second kappa shape index (κ2) is 8.47. The number of alkyl halides is 1. The van der Waals surface area contributed by atoms with Gasteiger partial charge in [0.05, 0.1) is 17.6 Å². The van der Waals surface area contributed by atoms with E-state index in [1.807, 2.05) is 4.90 Å². The van der Waals surface area contributed by atoms with Crippen molar-refractivity contribution in [2.24, 2.45) is 11.8 Å². The normalized spacial score (nSPS) is 30.1. The number of nitrogens with zero attached hydrogens (tertiary/aromatic N) is 2. The van der Waals surface area contributed by atoms with Crippen LogP contribution in [0.15, 0.2) is 42.1 Å². The van der Waals surface area contributed by atoms with Crippen LogP contribution in [0, 0.1) is 17.7 Å². The van der Waals surface area contributed by atoms with Crippen LogP contribution >= 0.6 is 0 Å². The molecule has 3 aliphatic carbocycles. The average molecular weight is 480 g/mol. The minimum absolute atomic E-state index is 0.274. The number of allylic oxidation sites excluding steroid dienone is 2. The summed E-state index contributed by atoms with van der Waals surface area (Å²) >= 11 is 0. The second-order valence-corrected chi connectivity index (χ2v) is 11.3. The monoisotopic (exact) mass is 479 g/mol. The van der Waals surface area contributed by atoms with Crippen LogP contribution in [0.3, 0.4) is 0 Å². The van der Waals surface area contributed by atoms with Crippen molar-refractivity contribution in [3.05, 3.63) is 47.9 Å². The van der Waals surface area contributed by atoms with E-state index in [1.165, 1.54) is 18.2 Å². The maximum atomic E-state index is 16.2. The number of carbonyl (C=O) groups excluding carboxylic acids is 1. The Morgan fingerprint density at radius 2 is 2.00 bits per heavy atom. The highest BCUT2D eigenvalue weighted by molar-refractivity contribution is 7.90. The summed E-state index contributed by atoms with van der Waals surface area (Å²) in [6.07, 6.45) is 9.23. The zero-order chi connectivity index (χ0) is 23.2. The van der Waals surface area contributed by atoms with Gasteiger partial charge in [-0.3, -0.25) is 9.52 Å². The Bertz CT molecular complexity index is 1080. The highest BCUT2D eigenvalue weighted by Crippen LogP contribution is 2.43. The Kier molecular flexibility index (Phi) is 5.76. The van der Waals surface area contributed by atoms with Gasteiger partial charge in [-0.2, -0.15) is 0 Å². The lowest BCUT2D eigenvalue weighted by molar-refractivity contribution is -0.177. The highest BCUT2D eigenvalue weighted by atomic mass is 32.2.